The molecule has 84 valence electrons. The molecule has 0 amide bonds. The van der Waals surface area contributed by atoms with Crippen LogP contribution in [0, 0.1) is 0 Å². The smallest absolute Gasteiger partial charge is 0.143 e. The molecule has 5 heteroatoms. The summed E-state index contributed by atoms with van der Waals surface area (Å²) in [5, 5.41) is 1.50. The van der Waals surface area contributed by atoms with E-state index in [1.165, 1.54) is 0 Å². The van der Waals surface area contributed by atoms with Crippen molar-refractivity contribution in [1.29, 1.82) is 0 Å². The van der Waals surface area contributed by atoms with E-state index in [9.17, 15) is 0 Å². The number of halogens is 2. The Morgan fingerprint density at radius 2 is 2.12 bits per heavy atom. The van der Waals surface area contributed by atoms with Crippen molar-refractivity contribution in [3.8, 4) is 10.6 Å². The third-order valence-electron chi connectivity index (χ3n) is 2.13. The van der Waals surface area contributed by atoms with Gasteiger partial charge in [0.1, 0.15) is 10.2 Å². The van der Waals surface area contributed by atoms with Crippen molar-refractivity contribution in [2.24, 2.45) is 5.73 Å². The first-order valence-corrected chi connectivity index (χ1v) is 6.81. The van der Waals surface area contributed by atoms with Crippen LogP contribution in [0.15, 0.2) is 28.7 Å². The standard InChI is InChI=1S/C11H10BrClN2S/c12-8-4-2-1-3-7(8)11-15-10(13)9(16-11)5-6-14/h1-4H,5-6,14H2. The molecule has 2 aromatic rings. The molecule has 1 aromatic heterocycles. The summed E-state index contributed by atoms with van der Waals surface area (Å²) in [4.78, 5) is 5.41. The molecule has 16 heavy (non-hydrogen) atoms. The van der Waals surface area contributed by atoms with Crippen LogP contribution >= 0.6 is 38.9 Å². The van der Waals surface area contributed by atoms with E-state index in [1.807, 2.05) is 24.3 Å². The maximum Gasteiger partial charge on any atom is 0.143 e. The van der Waals surface area contributed by atoms with Crippen LogP contribution in [0.1, 0.15) is 4.88 Å². The lowest BCUT2D eigenvalue weighted by Gasteiger charge is -1.98. The number of nitrogens with two attached hydrogens (primary N) is 1. The van der Waals surface area contributed by atoms with Gasteiger partial charge in [0.15, 0.2) is 0 Å². The first-order chi connectivity index (χ1) is 7.72. The predicted octanol–water partition coefficient (Wildman–Crippen LogP) is 3.73. The number of rotatable bonds is 3. The van der Waals surface area contributed by atoms with E-state index in [1.54, 1.807) is 11.3 Å². The fraction of sp³-hybridized carbons (Fsp3) is 0.182. The summed E-state index contributed by atoms with van der Waals surface area (Å²) in [6.07, 6.45) is 0.779. The Morgan fingerprint density at radius 1 is 1.38 bits per heavy atom. The van der Waals surface area contributed by atoms with Crippen molar-refractivity contribution in [3.63, 3.8) is 0 Å². The highest BCUT2D eigenvalue weighted by molar-refractivity contribution is 9.10. The van der Waals surface area contributed by atoms with Gasteiger partial charge in [0.05, 0.1) is 0 Å². The molecule has 0 fully saturated rings. The van der Waals surface area contributed by atoms with Gasteiger partial charge in [0.2, 0.25) is 0 Å². The zero-order valence-corrected chi connectivity index (χ0v) is 11.6. The molecule has 0 saturated carbocycles. The van der Waals surface area contributed by atoms with E-state index in [-0.39, 0.29) is 0 Å². The molecule has 0 spiro atoms. The van der Waals surface area contributed by atoms with E-state index in [2.05, 4.69) is 20.9 Å². The molecular formula is C11H10BrClN2S. The van der Waals surface area contributed by atoms with Crippen LogP contribution in [0.4, 0.5) is 0 Å². The van der Waals surface area contributed by atoms with E-state index < -0.39 is 0 Å². The largest absolute Gasteiger partial charge is 0.330 e. The lowest BCUT2D eigenvalue weighted by molar-refractivity contribution is 0.984. The fourth-order valence-corrected chi connectivity index (χ4v) is 3.32. The van der Waals surface area contributed by atoms with Crippen molar-refractivity contribution in [1.82, 2.24) is 4.98 Å². The van der Waals surface area contributed by atoms with E-state index >= 15 is 0 Å². The number of benzene rings is 1. The second kappa shape index (κ2) is 5.27. The summed E-state index contributed by atoms with van der Waals surface area (Å²) >= 11 is 11.2. The van der Waals surface area contributed by atoms with Crippen molar-refractivity contribution in [2.75, 3.05) is 6.54 Å². The minimum absolute atomic E-state index is 0.571. The fourth-order valence-electron chi connectivity index (χ4n) is 1.37. The summed E-state index contributed by atoms with van der Waals surface area (Å²) in [6, 6.07) is 7.97. The molecule has 1 aromatic carbocycles. The molecule has 0 saturated heterocycles. The number of hydrogen-bond acceptors (Lipinski definition) is 3. The minimum Gasteiger partial charge on any atom is -0.330 e. The molecular weight excluding hydrogens is 308 g/mol. The summed E-state index contributed by atoms with van der Waals surface area (Å²) < 4.78 is 1.03. The van der Waals surface area contributed by atoms with E-state index in [4.69, 9.17) is 17.3 Å². The molecule has 1 heterocycles. The molecule has 2 N–H and O–H groups in total. The SMILES string of the molecule is NCCc1sc(-c2ccccc2Br)nc1Cl. The lowest BCUT2D eigenvalue weighted by Crippen LogP contribution is -2.01. The van der Waals surface area contributed by atoms with E-state index in [0.717, 1.165) is 26.3 Å². The topological polar surface area (TPSA) is 38.9 Å². The summed E-state index contributed by atoms with van der Waals surface area (Å²) in [5.74, 6) is 0. The molecule has 0 aliphatic heterocycles. The summed E-state index contributed by atoms with van der Waals surface area (Å²) in [5.41, 5.74) is 6.59. The van der Waals surface area contributed by atoms with Crippen LogP contribution in [0.25, 0.3) is 10.6 Å². The van der Waals surface area contributed by atoms with Crippen molar-refractivity contribution in [2.45, 2.75) is 6.42 Å². The van der Waals surface area contributed by atoms with Gasteiger partial charge in [-0.25, -0.2) is 4.98 Å². The molecule has 0 aliphatic rings. The van der Waals surface area contributed by atoms with Crippen LogP contribution < -0.4 is 5.73 Å². The van der Waals surface area contributed by atoms with Crippen molar-refractivity contribution >= 4 is 38.9 Å². The number of thiazole rings is 1. The summed E-state index contributed by atoms with van der Waals surface area (Å²) in [7, 11) is 0. The quantitative estimate of drug-likeness (QED) is 0.937. The molecule has 2 rings (SSSR count). The average molecular weight is 318 g/mol. The Kier molecular flexibility index (Phi) is 3.97. The second-order valence-corrected chi connectivity index (χ2v) is 5.55. The third kappa shape index (κ3) is 2.46. The van der Waals surface area contributed by atoms with E-state index in [0.29, 0.717) is 11.7 Å². The van der Waals surface area contributed by atoms with Gasteiger partial charge in [-0.2, -0.15) is 0 Å². The van der Waals surface area contributed by atoms with Gasteiger partial charge in [-0.15, -0.1) is 11.3 Å². The molecule has 0 bridgehead atoms. The lowest BCUT2D eigenvalue weighted by atomic mass is 10.2. The molecule has 2 nitrogen and oxygen atoms in total. The first kappa shape index (κ1) is 12.0. The van der Waals surface area contributed by atoms with Gasteiger partial charge in [0.25, 0.3) is 0 Å². The minimum atomic E-state index is 0.571. The predicted molar refractivity (Wildman–Crippen MR) is 73.0 cm³/mol. The monoisotopic (exact) mass is 316 g/mol. The first-order valence-electron chi connectivity index (χ1n) is 4.82. The maximum absolute atomic E-state index is 6.05. The third-order valence-corrected chi connectivity index (χ3v) is 4.39. The number of hydrogen-bond donors (Lipinski definition) is 1. The average Bonchev–Trinajstić information content (AvgIpc) is 2.61. The van der Waals surface area contributed by atoms with Gasteiger partial charge in [-0.05, 0) is 19.0 Å². The molecule has 0 aliphatic carbocycles. The highest BCUT2D eigenvalue weighted by Crippen LogP contribution is 2.34. The van der Waals surface area contributed by atoms with Gasteiger partial charge in [-0.3, -0.25) is 0 Å². The zero-order chi connectivity index (χ0) is 11.5. The number of nitrogens with zero attached hydrogens (tertiary/aromatic N) is 1. The zero-order valence-electron chi connectivity index (χ0n) is 8.41. The molecule has 0 unspecified atom stereocenters. The highest BCUT2D eigenvalue weighted by atomic mass is 79.9. The van der Waals surface area contributed by atoms with Crippen LogP contribution in [0.2, 0.25) is 5.15 Å². The highest BCUT2D eigenvalue weighted by Gasteiger charge is 2.11. The Labute approximate surface area is 112 Å². The number of aromatic nitrogens is 1. The summed E-state index contributed by atoms with van der Waals surface area (Å²) in [6.45, 7) is 0.595. The van der Waals surface area contributed by atoms with Crippen LogP contribution in [-0.4, -0.2) is 11.5 Å². The van der Waals surface area contributed by atoms with Crippen molar-refractivity contribution in [3.05, 3.63) is 38.8 Å². The Balaban J connectivity index is 2.42. The second-order valence-electron chi connectivity index (χ2n) is 3.25. The Morgan fingerprint density at radius 3 is 2.81 bits per heavy atom. The normalized spacial score (nSPS) is 10.7. The van der Waals surface area contributed by atoms with Crippen LogP contribution in [-0.2, 0) is 6.42 Å². The van der Waals surface area contributed by atoms with Gasteiger partial charge in [0, 0.05) is 14.9 Å². The maximum atomic E-state index is 6.05. The van der Waals surface area contributed by atoms with Crippen molar-refractivity contribution < 1.29 is 0 Å². The molecule has 0 radical (unpaired) electrons. The molecule has 0 atom stereocenters. The van der Waals surface area contributed by atoms with Crippen LogP contribution in [0.3, 0.4) is 0 Å². The van der Waals surface area contributed by atoms with Gasteiger partial charge in [-0.1, -0.05) is 45.7 Å². The Bertz CT molecular complexity index is 498. The van der Waals surface area contributed by atoms with Gasteiger partial charge >= 0.3 is 0 Å². The van der Waals surface area contributed by atoms with Gasteiger partial charge < -0.3 is 5.73 Å². The van der Waals surface area contributed by atoms with Crippen LogP contribution in [0.5, 0.6) is 0 Å². The Hall–Kier alpha value is -0.420.